The first-order chi connectivity index (χ1) is 9.31. The van der Waals surface area contributed by atoms with Crippen LogP contribution in [0.5, 0.6) is 0 Å². The van der Waals surface area contributed by atoms with Gasteiger partial charge in [0, 0.05) is 12.6 Å². The van der Waals surface area contributed by atoms with E-state index in [2.05, 4.69) is 17.1 Å². The lowest BCUT2D eigenvalue weighted by Crippen LogP contribution is -2.47. The highest BCUT2D eigenvalue weighted by molar-refractivity contribution is 4.93. The first-order valence-corrected chi connectivity index (χ1v) is 8.77. The number of hydrogen-bond acceptors (Lipinski definition) is 2. The van der Waals surface area contributed by atoms with Crippen molar-refractivity contribution in [1.29, 1.82) is 0 Å². The van der Waals surface area contributed by atoms with Gasteiger partial charge in [0.15, 0.2) is 0 Å². The van der Waals surface area contributed by atoms with Crippen molar-refractivity contribution >= 4 is 0 Å². The first-order valence-electron chi connectivity index (χ1n) is 8.77. The van der Waals surface area contributed by atoms with Gasteiger partial charge in [-0.05, 0) is 75.9 Å². The highest BCUT2D eigenvalue weighted by atomic mass is 15.2. The molecule has 1 N–H and O–H groups in total. The highest BCUT2D eigenvalue weighted by Gasteiger charge is 2.38. The van der Waals surface area contributed by atoms with Crippen molar-refractivity contribution in [3.05, 3.63) is 0 Å². The van der Waals surface area contributed by atoms with Crippen LogP contribution in [0.1, 0.15) is 64.7 Å². The van der Waals surface area contributed by atoms with Gasteiger partial charge < -0.3 is 10.2 Å². The third-order valence-corrected chi connectivity index (χ3v) is 5.88. The fourth-order valence-electron chi connectivity index (χ4n) is 4.32. The molecule has 2 aliphatic carbocycles. The molecule has 110 valence electrons. The minimum atomic E-state index is 0.780. The lowest BCUT2D eigenvalue weighted by Gasteiger charge is -2.40. The van der Waals surface area contributed by atoms with Crippen LogP contribution >= 0.6 is 0 Å². The van der Waals surface area contributed by atoms with Crippen LogP contribution in [0.25, 0.3) is 0 Å². The summed E-state index contributed by atoms with van der Waals surface area (Å²) in [5.74, 6) is 0.994. The molecule has 0 radical (unpaired) electrons. The van der Waals surface area contributed by atoms with Gasteiger partial charge >= 0.3 is 0 Å². The Kier molecular flexibility index (Phi) is 4.48. The van der Waals surface area contributed by atoms with E-state index in [0.717, 1.165) is 17.4 Å². The van der Waals surface area contributed by atoms with Crippen molar-refractivity contribution in [2.24, 2.45) is 11.3 Å². The van der Waals surface area contributed by atoms with E-state index in [1.165, 1.54) is 84.0 Å². The van der Waals surface area contributed by atoms with Gasteiger partial charge in [0.05, 0.1) is 0 Å². The average molecular weight is 264 g/mol. The van der Waals surface area contributed by atoms with Crippen LogP contribution in [0.15, 0.2) is 0 Å². The van der Waals surface area contributed by atoms with Gasteiger partial charge in [-0.25, -0.2) is 0 Å². The largest absolute Gasteiger partial charge is 0.312 e. The number of nitrogens with zero attached hydrogens (tertiary/aromatic N) is 1. The van der Waals surface area contributed by atoms with Gasteiger partial charge in [-0.15, -0.1) is 0 Å². The maximum atomic E-state index is 3.80. The predicted molar refractivity (Wildman–Crippen MR) is 81.4 cm³/mol. The molecular weight excluding hydrogens is 232 g/mol. The van der Waals surface area contributed by atoms with E-state index in [1.54, 1.807) is 0 Å². The highest BCUT2D eigenvalue weighted by Crippen LogP contribution is 2.46. The lowest BCUT2D eigenvalue weighted by atomic mass is 9.77. The smallest absolute Gasteiger partial charge is 0.0223 e. The van der Waals surface area contributed by atoms with Crippen LogP contribution < -0.4 is 5.32 Å². The molecule has 1 heterocycles. The van der Waals surface area contributed by atoms with Crippen LogP contribution in [0.4, 0.5) is 0 Å². The topological polar surface area (TPSA) is 15.3 Å². The van der Waals surface area contributed by atoms with Crippen molar-refractivity contribution in [2.45, 2.75) is 70.8 Å². The summed E-state index contributed by atoms with van der Waals surface area (Å²) in [4.78, 5) is 2.76. The molecule has 0 aromatic heterocycles. The molecule has 0 amide bonds. The number of piperidine rings is 1. The monoisotopic (exact) mass is 264 g/mol. The van der Waals surface area contributed by atoms with E-state index in [0.29, 0.717) is 0 Å². The Morgan fingerprint density at radius 2 is 1.79 bits per heavy atom. The van der Waals surface area contributed by atoms with Gasteiger partial charge in [0.25, 0.3) is 0 Å². The van der Waals surface area contributed by atoms with E-state index >= 15 is 0 Å². The summed E-state index contributed by atoms with van der Waals surface area (Å²) < 4.78 is 0. The molecule has 1 spiro atoms. The van der Waals surface area contributed by atoms with Crippen molar-refractivity contribution in [3.63, 3.8) is 0 Å². The van der Waals surface area contributed by atoms with Crippen molar-refractivity contribution in [2.75, 3.05) is 26.2 Å². The van der Waals surface area contributed by atoms with Crippen molar-refractivity contribution in [3.8, 4) is 0 Å². The van der Waals surface area contributed by atoms with E-state index in [4.69, 9.17) is 0 Å². The summed E-state index contributed by atoms with van der Waals surface area (Å²) in [6.45, 7) is 7.55. The van der Waals surface area contributed by atoms with Crippen molar-refractivity contribution in [1.82, 2.24) is 10.2 Å². The molecule has 0 aromatic carbocycles. The van der Waals surface area contributed by atoms with E-state index < -0.39 is 0 Å². The second-order valence-corrected chi connectivity index (χ2v) is 7.41. The first kappa shape index (κ1) is 13.9. The zero-order chi connectivity index (χ0) is 13.1. The third kappa shape index (κ3) is 3.52. The molecule has 2 saturated carbocycles. The minimum Gasteiger partial charge on any atom is -0.312 e. The van der Waals surface area contributed by atoms with Crippen molar-refractivity contribution < 1.29 is 0 Å². The quantitative estimate of drug-likeness (QED) is 0.791. The van der Waals surface area contributed by atoms with Gasteiger partial charge in [0.1, 0.15) is 0 Å². The van der Waals surface area contributed by atoms with Gasteiger partial charge in [-0.2, -0.15) is 0 Å². The average Bonchev–Trinajstić information content (AvgIpc) is 3.19. The Morgan fingerprint density at radius 3 is 2.37 bits per heavy atom. The number of likely N-dealkylation sites (tertiary alicyclic amines) is 1. The maximum Gasteiger partial charge on any atom is 0.0223 e. The summed E-state index contributed by atoms with van der Waals surface area (Å²) in [5, 5.41) is 3.80. The molecule has 0 aromatic rings. The molecule has 19 heavy (non-hydrogen) atoms. The van der Waals surface area contributed by atoms with Crippen LogP contribution in [0.2, 0.25) is 0 Å². The molecule has 1 atom stereocenters. The predicted octanol–water partition coefficient (Wildman–Crippen LogP) is 3.42. The zero-order valence-electron chi connectivity index (χ0n) is 12.8. The SMILES string of the molecule is CCCNC(CN1CCC2(CCCC2)CC1)C1CC1. The molecule has 2 heteroatoms. The number of rotatable bonds is 6. The summed E-state index contributed by atoms with van der Waals surface area (Å²) >= 11 is 0. The Hall–Kier alpha value is -0.0800. The molecule has 1 unspecified atom stereocenters. The van der Waals surface area contributed by atoms with Crippen LogP contribution in [-0.4, -0.2) is 37.1 Å². The minimum absolute atomic E-state index is 0.780. The second kappa shape index (κ2) is 6.13. The molecule has 1 saturated heterocycles. The molecule has 1 aliphatic heterocycles. The second-order valence-electron chi connectivity index (χ2n) is 7.41. The summed E-state index contributed by atoms with van der Waals surface area (Å²) in [7, 11) is 0. The van der Waals surface area contributed by atoms with E-state index in [1.807, 2.05) is 0 Å². The van der Waals surface area contributed by atoms with Gasteiger partial charge in [-0.1, -0.05) is 19.8 Å². The Bertz CT molecular complexity index is 269. The lowest BCUT2D eigenvalue weighted by molar-refractivity contribution is 0.0980. The fraction of sp³-hybridized carbons (Fsp3) is 1.00. The summed E-state index contributed by atoms with van der Waals surface area (Å²) in [5.41, 5.74) is 0.780. The normalized spacial score (nSPS) is 28.9. The van der Waals surface area contributed by atoms with Gasteiger partial charge in [-0.3, -0.25) is 0 Å². The summed E-state index contributed by atoms with van der Waals surface area (Å²) in [6.07, 6.45) is 13.2. The fourth-order valence-corrected chi connectivity index (χ4v) is 4.32. The molecule has 3 fully saturated rings. The Morgan fingerprint density at radius 1 is 1.11 bits per heavy atom. The van der Waals surface area contributed by atoms with E-state index in [-0.39, 0.29) is 0 Å². The molecule has 3 rings (SSSR count). The Labute approximate surface area is 119 Å². The van der Waals surface area contributed by atoms with E-state index in [9.17, 15) is 0 Å². The Balaban J connectivity index is 1.45. The van der Waals surface area contributed by atoms with Crippen LogP contribution in [0, 0.1) is 11.3 Å². The molecular formula is C17H32N2. The molecule has 3 aliphatic rings. The number of hydrogen-bond donors (Lipinski definition) is 1. The number of nitrogens with one attached hydrogen (secondary N) is 1. The maximum absolute atomic E-state index is 3.80. The molecule has 2 nitrogen and oxygen atoms in total. The zero-order valence-corrected chi connectivity index (χ0v) is 12.8. The summed E-state index contributed by atoms with van der Waals surface area (Å²) in [6, 6.07) is 0.789. The van der Waals surface area contributed by atoms with Crippen LogP contribution in [-0.2, 0) is 0 Å². The standard InChI is InChI=1S/C17H32N2/c1-2-11-18-16(15-5-6-15)14-19-12-9-17(10-13-19)7-3-4-8-17/h15-16,18H,2-14H2,1H3. The van der Waals surface area contributed by atoms with Crippen LogP contribution in [0.3, 0.4) is 0 Å². The molecule has 0 bridgehead atoms. The van der Waals surface area contributed by atoms with Gasteiger partial charge in [0.2, 0.25) is 0 Å². The third-order valence-electron chi connectivity index (χ3n) is 5.88.